The molecule has 0 unspecified atom stereocenters. The highest BCUT2D eigenvalue weighted by Gasteiger charge is 2.16. The summed E-state index contributed by atoms with van der Waals surface area (Å²) in [4.78, 5) is 16.8. The first-order chi connectivity index (χ1) is 11.6. The number of nitrogens with zero attached hydrogens (tertiary/aromatic N) is 2. The van der Waals surface area contributed by atoms with Gasteiger partial charge < -0.3 is 5.32 Å². The van der Waals surface area contributed by atoms with Gasteiger partial charge in [-0.15, -0.1) is 11.6 Å². The standard InChI is InChI=1S/C18H17ClFN3O/c1-12-8-10-23-15(11-12)21-17(13-4-6-14(20)7-5-13)18(23)22-16(24)3-2-9-19/h4-8,10-11H,2-3,9H2,1H3,(H,22,24). The van der Waals surface area contributed by atoms with Crippen molar-refractivity contribution in [1.29, 1.82) is 0 Å². The van der Waals surface area contributed by atoms with Gasteiger partial charge in [0, 0.05) is 24.1 Å². The Bertz CT molecular complexity index is 874. The fourth-order valence-electron chi connectivity index (χ4n) is 2.50. The van der Waals surface area contributed by atoms with Gasteiger partial charge in [0.05, 0.1) is 0 Å². The number of pyridine rings is 1. The van der Waals surface area contributed by atoms with Gasteiger partial charge >= 0.3 is 0 Å². The Morgan fingerprint density at radius 1 is 1.29 bits per heavy atom. The van der Waals surface area contributed by atoms with Gasteiger partial charge in [-0.2, -0.15) is 0 Å². The number of hydrogen-bond donors (Lipinski definition) is 1. The molecule has 0 aliphatic rings. The highest BCUT2D eigenvalue weighted by Crippen LogP contribution is 2.29. The maximum Gasteiger partial charge on any atom is 0.225 e. The zero-order chi connectivity index (χ0) is 17.1. The lowest BCUT2D eigenvalue weighted by atomic mass is 10.1. The predicted octanol–water partition coefficient (Wildman–Crippen LogP) is 4.41. The van der Waals surface area contributed by atoms with Crippen molar-refractivity contribution in [3.63, 3.8) is 0 Å². The minimum Gasteiger partial charge on any atom is -0.310 e. The highest BCUT2D eigenvalue weighted by atomic mass is 35.5. The lowest BCUT2D eigenvalue weighted by Crippen LogP contribution is -2.13. The van der Waals surface area contributed by atoms with Gasteiger partial charge in [0.15, 0.2) is 0 Å². The van der Waals surface area contributed by atoms with Crippen molar-refractivity contribution in [1.82, 2.24) is 9.38 Å². The molecule has 0 fully saturated rings. The Labute approximate surface area is 144 Å². The molecular weight excluding hydrogens is 329 g/mol. The molecular formula is C18H17ClFN3O. The summed E-state index contributed by atoms with van der Waals surface area (Å²) in [7, 11) is 0. The van der Waals surface area contributed by atoms with Crippen LogP contribution in [0.25, 0.3) is 16.9 Å². The topological polar surface area (TPSA) is 46.4 Å². The van der Waals surface area contributed by atoms with Gasteiger partial charge in [0.25, 0.3) is 0 Å². The first kappa shape index (κ1) is 16.5. The number of amides is 1. The third-order valence-electron chi connectivity index (χ3n) is 3.69. The summed E-state index contributed by atoms with van der Waals surface area (Å²) in [5.41, 5.74) is 3.14. The van der Waals surface area contributed by atoms with Crippen molar-refractivity contribution < 1.29 is 9.18 Å². The molecule has 4 nitrogen and oxygen atoms in total. The van der Waals surface area contributed by atoms with E-state index in [1.165, 1.54) is 12.1 Å². The number of fused-ring (bicyclic) bond motifs is 1. The summed E-state index contributed by atoms with van der Waals surface area (Å²) in [5, 5.41) is 2.91. The largest absolute Gasteiger partial charge is 0.310 e. The number of nitrogens with one attached hydrogen (secondary N) is 1. The van der Waals surface area contributed by atoms with Gasteiger partial charge in [0.2, 0.25) is 5.91 Å². The molecule has 124 valence electrons. The number of aromatic nitrogens is 2. The maximum atomic E-state index is 13.2. The third-order valence-corrected chi connectivity index (χ3v) is 3.96. The van der Waals surface area contributed by atoms with Gasteiger partial charge in [-0.25, -0.2) is 9.37 Å². The van der Waals surface area contributed by atoms with E-state index < -0.39 is 0 Å². The second kappa shape index (κ2) is 7.01. The van der Waals surface area contributed by atoms with E-state index in [1.807, 2.05) is 29.7 Å². The summed E-state index contributed by atoms with van der Waals surface area (Å²) < 4.78 is 15.0. The Hall–Kier alpha value is -2.40. The van der Waals surface area contributed by atoms with E-state index in [9.17, 15) is 9.18 Å². The number of rotatable bonds is 5. The van der Waals surface area contributed by atoms with Crippen LogP contribution in [-0.2, 0) is 4.79 Å². The van der Waals surface area contributed by atoms with Crippen LogP contribution in [-0.4, -0.2) is 21.2 Å². The number of halogens is 2. The summed E-state index contributed by atoms with van der Waals surface area (Å²) in [6.07, 6.45) is 2.81. The molecule has 0 aliphatic heterocycles. The molecule has 0 atom stereocenters. The van der Waals surface area contributed by atoms with Crippen molar-refractivity contribution in [2.45, 2.75) is 19.8 Å². The molecule has 1 aromatic carbocycles. The van der Waals surface area contributed by atoms with Crippen molar-refractivity contribution >= 4 is 29.0 Å². The molecule has 3 aromatic rings. The lowest BCUT2D eigenvalue weighted by molar-refractivity contribution is -0.116. The minimum absolute atomic E-state index is 0.124. The number of carbonyl (C=O) groups is 1. The van der Waals surface area contributed by atoms with Crippen LogP contribution in [0.5, 0.6) is 0 Å². The van der Waals surface area contributed by atoms with Gasteiger partial charge in [-0.05, 0) is 55.3 Å². The summed E-state index contributed by atoms with van der Waals surface area (Å²) in [5.74, 6) is 0.577. The quantitative estimate of drug-likeness (QED) is 0.696. The summed E-state index contributed by atoms with van der Waals surface area (Å²) in [6, 6.07) is 9.93. The van der Waals surface area contributed by atoms with E-state index in [4.69, 9.17) is 11.6 Å². The number of carbonyl (C=O) groups excluding carboxylic acids is 1. The Morgan fingerprint density at radius 2 is 2.04 bits per heavy atom. The summed E-state index contributed by atoms with van der Waals surface area (Å²) in [6.45, 7) is 1.98. The lowest BCUT2D eigenvalue weighted by Gasteiger charge is -2.07. The van der Waals surface area contributed by atoms with E-state index in [1.54, 1.807) is 12.1 Å². The second-order valence-electron chi connectivity index (χ2n) is 5.59. The average molecular weight is 346 g/mol. The molecule has 2 aromatic heterocycles. The Balaban J connectivity index is 2.07. The van der Waals surface area contributed by atoms with Crippen LogP contribution in [0.3, 0.4) is 0 Å². The van der Waals surface area contributed by atoms with E-state index in [0.717, 1.165) is 16.8 Å². The molecule has 0 aliphatic carbocycles. The Morgan fingerprint density at radius 3 is 2.75 bits per heavy atom. The number of alkyl halides is 1. The number of hydrogen-bond acceptors (Lipinski definition) is 2. The molecule has 1 N–H and O–H groups in total. The zero-order valence-electron chi connectivity index (χ0n) is 13.2. The minimum atomic E-state index is -0.314. The fourth-order valence-corrected chi connectivity index (χ4v) is 2.63. The van der Waals surface area contributed by atoms with Crippen LogP contribution >= 0.6 is 11.6 Å². The molecule has 1 amide bonds. The zero-order valence-corrected chi connectivity index (χ0v) is 14.0. The summed E-state index contributed by atoms with van der Waals surface area (Å²) >= 11 is 5.65. The normalized spacial score (nSPS) is 11.0. The second-order valence-corrected chi connectivity index (χ2v) is 5.97. The Kier molecular flexibility index (Phi) is 4.81. The van der Waals surface area contributed by atoms with Crippen molar-refractivity contribution in [2.75, 3.05) is 11.2 Å². The molecule has 3 rings (SSSR count). The van der Waals surface area contributed by atoms with Crippen LogP contribution in [0.4, 0.5) is 10.2 Å². The number of imidazole rings is 1. The first-order valence-corrected chi connectivity index (χ1v) is 8.22. The van der Waals surface area contributed by atoms with Crippen molar-refractivity contribution in [3.05, 3.63) is 54.0 Å². The number of anilines is 1. The van der Waals surface area contributed by atoms with E-state index in [2.05, 4.69) is 10.3 Å². The van der Waals surface area contributed by atoms with Crippen LogP contribution in [0.2, 0.25) is 0 Å². The molecule has 6 heteroatoms. The first-order valence-electron chi connectivity index (χ1n) is 7.69. The van der Waals surface area contributed by atoms with Crippen LogP contribution < -0.4 is 5.32 Å². The molecule has 2 heterocycles. The van der Waals surface area contributed by atoms with E-state index in [-0.39, 0.29) is 11.7 Å². The predicted molar refractivity (Wildman–Crippen MR) is 93.9 cm³/mol. The number of aryl methyl sites for hydroxylation is 1. The molecule has 24 heavy (non-hydrogen) atoms. The van der Waals surface area contributed by atoms with Crippen molar-refractivity contribution in [3.8, 4) is 11.3 Å². The van der Waals surface area contributed by atoms with Crippen LogP contribution in [0.1, 0.15) is 18.4 Å². The van der Waals surface area contributed by atoms with Gasteiger partial charge in [-0.1, -0.05) is 0 Å². The van der Waals surface area contributed by atoms with E-state index in [0.29, 0.717) is 30.2 Å². The maximum absolute atomic E-state index is 13.2. The van der Waals surface area contributed by atoms with Gasteiger partial charge in [-0.3, -0.25) is 9.20 Å². The molecule has 0 saturated carbocycles. The smallest absolute Gasteiger partial charge is 0.225 e. The SMILES string of the molecule is Cc1ccn2c(NC(=O)CCCCl)c(-c3ccc(F)cc3)nc2c1. The van der Waals surface area contributed by atoms with Crippen molar-refractivity contribution in [2.24, 2.45) is 0 Å². The monoisotopic (exact) mass is 345 g/mol. The molecule has 0 spiro atoms. The highest BCUT2D eigenvalue weighted by molar-refractivity contribution is 6.18. The number of benzene rings is 1. The fraction of sp³-hybridized carbons (Fsp3) is 0.222. The van der Waals surface area contributed by atoms with E-state index >= 15 is 0 Å². The molecule has 0 saturated heterocycles. The van der Waals surface area contributed by atoms with Gasteiger partial charge in [0.1, 0.15) is 23.0 Å². The van der Waals surface area contributed by atoms with Crippen LogP contribution in [0.15, 0.2) is 42.6 Å². The molecule has 0 bridgehead atoms. The third kappa shape index (κ3) is 3.41. The average Bonchev–Trinajstić information content (AvgIpc) is 2.91. The van der Waals surface area contributed by atoms with Crippen LogP contribution in [0, 0.1) is 12.7 Å². The molecule has 0 radical (unpaired) electrons.